The zero-order valence-electron chi connectivity index (χ0n) is 7.92. The lowest BCUT2D eigenvalue weighted by molar-refractivity contribution is -0.137. The van der Waals surface area contributed by atoms with Crippen LogP contribution >= 0.6 is 0 Å². The van der Waals surface area contributed by atoms with Crippen LogP contribution in [0.25, 0.3) is 10.9 Å². The third-order valence-electron chi connectivity index (χ3n) is 2.09. The SMILES string of the molecule is O=S(=O)(F)c1[nH]nc2ccc(C(F)(F)F)cc12. The second-order valence-corrected chi connectivity index (χ2v) is 4.50. The van der Waals surface area contributed by atoms with Crippen LogP contribution in [0.5, 0.6) is 0 Å². The molecule has 0 spiro atoms. The molecule has 9 heteroatoms. The van der Waals surface area contributed by atoms with Crippen molar-refractivity contribution in [2.45, 2.75) is 11.2 Å². The second-order valence-electron chi connectivity index (χ2n) is 3.22. The quantitative estimate of drug-likeness (QED) is 0.637. The van der Waals surface area contributed by atoms with Crippen molar-refractivity contribution in [1.29, 1.82) is 0 Å². The maximum Gasteiger partial charge on any atom is 0.416 e. The largest absolute Gasteiger partial charge is 0.416 e. The number of nitrogens with one attached hydrogen (secondary N) is 1. The van der Waals surface area contributed by atoms with Crippen LogP contribution < -0.4 is 0 Å². The minimum atomic E-state index is -5.13. The molecule has 2 rings (SSSR count). The van der Waals surface area contributed by atoms with Gasteiger partial charge < -0.3 is 0 Å². The second kappa shape index (κ2) is 3.42. The number of nitrogens with zero attached hydrogens (tertiary/aromatic N) is 1. The first-order valence-electron chi connectivity index (χ1n) is 4.19. The highest BCUT2D eigenvalue weighted by atomic mass is 32.3. The van der Waals surface area contributed by atoms with Crippen molar-refractivity contribution >= 4 is 21.1 Å². The van der Waals surface area contributed by atoms with E-state index in [9.17, 15) is 25.5 Å². The van der Waals surface area contributed by atoms with Gasteiger partial charge in [-0.25, -0.2) is 0 Å². The number of hydrogen-bond acceptors (Lipinski definition) is 3. The highest BCUT2D eigenvalue weighted by Crippen LogP contribution is 2.32. The van der Waals surface area contributed by atoms with Crippen LogP contribution in [0, 0.1) is 0 Å². The van der Waals surface area contributed by atoms with Crippen LogP contribution in [0.3, 0.4) is 0 Å². The lowest BCUT2D eigenvalue weighted by atomic mass is 10.1. The van der Waals surface area contributed by atoms with Crippen molar-refractivity contribution < 1.29 is 25.5 Å². The Balaban J connectivity index is 2.76. The molecule has 1 heterocycles. The van der Waals surface area contributed by atoms with E-state index < -0.39 is 32.4 Å². The molecule has 17 heavy (non-hydrogen) atoms. The van der Waals surface area contributed by atoms with E-state index in [4.69, 9.17) is 0 Å². The van der Waals surface area contributed by atoms with E-state index in [1.165, 1.54) is 0 Å². The molecule has 92 valence electrons. The van der Waals surface area contributed by atoms with E-state index in [1.807, 2.05) is 5.10 Å². The number of aromatic nitrogens is 2. The molecule has 4 nitrogen and oxygen atoms in total. The van der Waals surface area contributed by atoms with Gasteiger partial charge in [-0.2, -0.15) is 26.7 Å². The van der Waals surface area contributed by atoms with E-state index in [2.05, 4.69) is 5.10 Å². The van der Waals surface area contributed by atoms with Crippen LogP contribution in [0.1, 0.15) is 5.56 Å². The molecule has 1 N–H and O–H groups in total. The van der Waals surface area contributed by atoms with Gasteiger partial charge in [0, 0.05) is 5.39 Å². The average Bonchev–Trinajstić information content (AvgIpc) is 2.57. The fourth-order valence-corrected chi connectivity index (χ4v) is 1.93. The normalized spacial score (nSPS) is 13.2. The summed E-state index contributed by atoms with van der Waals surface area (Å²) in [5, 5.41) is 3.85. The minimum Gasteiger partial charge on any atom is -0.264 e. The first kappa shape index (κ1) is 11.8. The minimum absolute atomic E-state index is 0.0609. The summed E-state index contributed by atoms with van der Waals surface area (Å²) < 4.78 is 71.2. The maximum atomic E-state index is 12.7. The fraction of sp³-hybridized carbons (Fsp3) is 0.125. The third kappa shape index (κ3) is 2.09. The predicted octanol–water partition coefficient (Wildman–Crippen LogP) is 2.24. The first-order chi connectivity index (χ1) is 7.69. The zero-order valence-corrected chi connectivity index (χ0v) is 8.73. The summed E-state index contributed by atoms with van der Waals surface area (Å²) in [5.74, 6) is 0. The maximum absolute atomic E-state index is 12.7. The average molecular weight is 268 g/mol. The molecule has 0 saturated heterocycles. The Morgan fingerprint density at radius 2 is 1.88 bits per heavy atom. The summed E-state index contributed by atoms with van der Waals surface area (Å²) in [6, 6.07) is 2.23. The Hall–Kier alpha value is -1.64. The number of benzene rings is 1. The molecule has 0 amide bonds. The van der Waals surface area contributed by atoms with E-state index in [0.29, 0.717) is 6.07 Å². The topological polar surface area (TPSA) is 62.8 Å². The molecule has 0 bridgehead atoms. The molecule has 0 aliphatic heterocycles. The molecule has 0 saturated carbocycles. The van der Waals surface area contributed by atoms with E-state index in [0.717, 1.165) is 12.1 Å². The summed E-state index contributed by atoms with van der Waals surface area (Å²) >= 11 is 0. The molecule has 0 aliphatic rings. The third-order valence-corrected chi connectivity index (χ3v) is 2.89. The number of H-pyrrole nitrogens is 1. The molecule has 0 radical (unpaired) electrons. The van der Waals surface area contributed by atoms with Crippen molar-refractivity contribution in [2.75, 3.05) is 0 Å². The highest BCUT2D eigenvalue weighted by molar-refractivity contribution is 7.86. The van der Waals surface area contributed by atoms with Crippen molar-refractivity contribution in [3.05, 3.63) is 23.8 Å². The van der Waals surface area contributed by atoms with Crippen LogP contribution in [0.15, 0.2) is 23.2 Å². The predicted molar refractivity (Wildman–Crippen MR) is 49.4 cm³/mol. The van der Waals surface area contributed by atoms with Gasteiger partial charge >= 0.3 is 16.4 Å². The van der Waals surface area contributed by atoms with Gasteiger partial charge in [-0.15, -0.1) is 0 Å². The van der Waals surface area contributed by atoms with Gasteiger partial charge in [-0.3, -0.25) is 5.10 Å². The number of aromatic amines is 1. The van der Waals surface area contributed by atoms with Gasteiger partial charge in [0.25, 0.3) is 0 Å². The van der Waals surface area contributed by atoms with Crippen LogP contribution in [0.2, 0.25) is 0 Å². The Kier molecular flexibility index (Phi) is 2.38. The standard InChI is InChI=1S/C8H4F4N2O2S/c9-8(10,11)4-1-2-6-5(3-4)7(14-13-6)17(12,15)16/h1-3H,(H,13,14). The smallest absolute Gasteiger partial charge is 0.264 e. The number of hydrogen-bond donors (Lipinski definition) is 1. The van der Waals surface area contributed by atoms with Crippen molar-refractivity contribution in [3.63, 3.8) is 0 Å². The zero-order chi connectivity index (χ0) is 12.8. The van der Waals surface area contributed by atoms with Crippen LogP contribution in [0.4, 0.5) is 17.1 Å². The molecule has 0 unspecified atom stereocenters. The molecule has 0 atom stereocenters. The molecular weight excluding hydrogens is 264 g/mol. The summed E-state index contributed by atoms with van der Waals surface area (Å²) in [6.45, 7) is 0. The van der Waals surface area contributed by atoms with E-state index in [1.54, 1.807) is 0 Å². The summed E-state index contributed by atoms with van der Waals surface area (Å²) in [7, 11) is -5.13. The fourth-order valence-electron chi connectivity index (χ4n) is 1.35. The molecule has 1 aromatic carbocycles. The van der Waals surface area contributed by atoms with Gasteiger partial charge in [0.15, 0.2) is 5.03 Å². The summed E-state index contributed by atoms with van der Waals surface area (Å²) in [4.78, 5) is 0. The Morgan fingerprint density at radius 1 is 1.24 bits per heavy atom. The van der Waals surface area contributed by atoms with Crippen molar-refractivity contribution in [2.24, 2.45) is 0 Å². The van der Waals surface area contributed by atoms with E-state index in [-0.39, 0.29) is 5.52 Å². The van der Waals surface area contributed by atoms with Gasteiger partial charge in [-0.1, -0.05) is 3.89 Å². The molecule has 0 aliphatic carbocycles. The number of alkyl halides is 3. The van der Waals surface area contributed by atoms with Crippen molar-refractivity contribution in [1.82, 2.24) is 10.2 Å². The number of halogens is 4. The molecule has 0 fully saturated rings. The Bertz CT molecular complexity index is 674. The van der Waals surface area contributed by atoms with Crippen LogP contribution in [-0.2, 0) is 16.4 Å². The lowest BCUT2D eigenvalue weighted by Crippen LogP contribution is -2.04. The molecular formula is C8H4F4N2O2S. The van der Waals surface area contributed by atoms with Crippen molar-refractivity contribution in [3.8, 4) is 0 Å². The summed E-state index contributed by atoms with van der Waals surface area (Å²) in [6.07, 6.45) is -4.64. The van der Waals surface area contributed by atoms with Crippen LogP contribution in [-0.4, -0.2) is 18.6 Å². The molecule has 1 aromatic heterocycles. The van der Waals surface area contributed by atoms with Gasteiger partial charge in [0.1, 0.15) is 0 Å². The van der Waals surface area contributed by atoms with Gasteiger partial charge in [-0.05, 0) is 18.2 Å². The number of fused-ring (bicyclic) bond motifs is 1. The lowest BCUT2D eigenvalue weighted by Gasteiger charge is -2.05. The monoisotopic (exact) mass is 268 g/mol. The highest BCUT2D eigenvalue weighted by Gasteiger charge is 2.31. The first-order valence-corrected chi connectivity index (χ1v) is 5.58. The van der Waals surface area contributed by atoms with E-state index >= 15 is 0 Å². The van der Waals surface area contributed by atoms with Gasteiger partial charge in [0.2, 0.25) is 0 Å². The Morgan fingerprint density at radius 3 is 2.41 bits per heavy atom. The number of rotatable bonds is 1. The Labute approximate surface area is 92.5 Å². The molecule has 2 aromatic rings. The summed E-state index contributed by atoms with van der Waals surface area (Å²) in [5.41, 5.74) is -1.13. The van der Waals surface area contributed by atoms with Gasteiger partial charge in [0.05, 0.1) is 11.1 Å².